The highest BCUT2D eigenvalue weighted by Gasteiger charge is 2.24. The summed E-state index contributed by atoms with van der Waals surface area (Å²) in [6.45, 7) is 3.97. The van der Waals surface area contributed by atoms with Crippen molar-refractivity contribution in [2.45, 2.75) is 20.3 Å². The third-order valence-electron chi connectivity index (χ3n) is 4.37. The predicted molar refractivity (Wildman–Crippen MR) is 127 cm³/mol. The first-order chi connectivity index (χ1) is 15.1. The van der Waals surface area contributed by atoms with E-state index in [2.05, 4.69) is 20.7 Å². The Morgan fingerprint density at radius 2 is 1.81 bits per heavy atom. The summed E-state index contributed by atoms with van der Waals surface area (Å²) >= 11 is 24.9. The van der Waals surface area contributed by atoms with E-state index in [1.807, 2.05) is 13.8 Å². The molecule has 1 aromatic carbocycles. The molecule has 0 radical (unpaired) electrons. The zero-order valence-corrected chi connectivity index (χ0v) is 20.3. The molecule has 2 N–H and O–H groups in total. The minimum absolute atomic E-state index is 0.0487. The van der Waals surface area contributed by atoms with Gasteiger partial charge in [0.25, 0.3) is 11.8 Å². The van der Waals surface area contributed by atoms with Gasteiger partial charge < -0.3 is 10.6 Å². The third kappa shape index (κ3) is 5.13. The molecule has 11 heteroatoms. The minimum Gasteiger partial charge on any atom is -0.355 e. The Morgan fingerprint density at radius 3 is 2.47 bits per heavy atom. The molecule has 0 bridgehead atoms. The van der Waals surface area contributed by atoms with E-state index in [1.165, 1.54) is 29.9 Å². The normalized spacial score (nSPS) is 10.7. The molecule has 0 aliphatic heterocycles. The van der Waals surface area contributed by atoms with Gasteiger partial charge in [0, 0.05) is 29.9 Å². The molecule has 0 spiro atoms. The van der Waals surface area contributed by atoms with Gasteiger partial charge in [0.05, 0.1) is 41.1 Å². The summed E-state index contributed by atoms with van der Waals surface area (Å²) in [5, 5.41) is 10.0. The molecule has 166 valence electrons. The zero-order valence-electron chi connectivity index (χ0n) is 17.3. The largest absolute Gasteiger partial charge is 0.355 e. The van der Waals surface area contributed by atoms with Gasteiger partial charge in [-0.05, 0) is 18.2 Å². The Hall–Kier alpha value is -2.45. The fraction of sp³-hybridized carbons (Fsp3) is 0.190. The Morgan fingerprint density at radius 1 is 1.09 bits per heavy atom. The van der Waals surface area contributed by atoms with Crippen molar-refractivity contribution >= 4 is 63.9 Å². The number of aromatic nitrogens is 3. The third-order valence-corrected chi connectivity index (χ3v) is 5.49. The summed E-state index contributed by atoms with van der Waals surface area (Å²) in [5.41, 5.74) is 1.07. The number of halogens is 4. The number of nitrogens with zero attached hydrogens (tertiary/aromatic N) is 3. The number of pyridine rings is 1. The lowest BCUT2D eigenvalue weighted by molar-refractivity contribution is 0.0964. The standard InChI is InChI=1S/C21H17Cl4N5O2/c1-10(2)6-11-4-5-27-19(17(11)25)30-15(9-16(24)29-30)21(32)28-18-13(20(31)26-3)7-12(22)8-14(18)23/h4-5,7-9H,6H2,1-3H3,(H-,26,28,31,32)/p+1. The molecule has 0 aliphatic carbocycles. The molecule has 0 saturated carbocycles. The summed E-state index contributed by atoms with van der Waals surface area (Å²) in [6, 6.07) is 5.98. The first-order valence-corrected chi connectivity index (χ1v) is 10.8. The molecular formula is C21H18Cl4N5O2+. The van der Waals surface area contributed by atoms with Gasteiger partial charge in [-0.1, -0.05) is 46.4 Å². The number of anilines is 1. The van der Waals surface area contributed by atoms with Crippen LogP contribution in [0.25, 0.3) is 5.82 Å². The van der Waals surface area contributed by atoms with E-state index in [9.17, 15) is 9.59 Å². The van der Waals surface area contributed by atoms with Crippen molar-refractivity contribution in [2.24, 2.45) is 0 Å². The number of amides is 2. The smallest absolute Gasteiger partial charge is 0.274 e. The van der Waals surface area contributed by atoms with E-state index in [0.717, 1.165) is 11.5 Å². The topological polar surface area (TPSA) is 88.9 Å². The maximum absolute atomic E-state index is 13.2. The summed E-state index contributed by atoms with van der Waals surface area (Å²) < 4.78 is 1.25. The van der Waals surface area contributed by atoms with Gasteiger partial charge in [-0.15, -0.1) is 0 Å². The second kappa shape index (κ2) is 10.0. The average molecular weight is 514 g/mol. The van der Waals surface area contributed by atoms with Crippen LogP contribution in [-0.4, -0.2) is 33.6 Å². The highest BCUT2D eigenvalue weighted by Crippen LogP contribution is 2.32. The van der Waals surface area contributed by atoms with Crippen LogP contribution < -0.4 is 10.6 Å². The fourth-order valence-electron chi connectivity index (χ4n) is 3.00. The fourth-order valence-corrected chi connectivity index (χ4v) is 3.98. The maximum Gasteiger partial charge on any atom is 0.274 e. The van der Waals surface area contributed by atoms with Crippen LogP contribution >= 0.6 is 46.4 Å². The van der Waals surface area contributed by atoms with Crippen molar-refractivity contribution < 1.29 is 9.59 Å². The zero-order chi connectivity index (χ0) is 23.6. The van der Waals surface area contributed by atoms with Crippen LogP contribution in [0.3, 0.4) is 0 Å². The molecular weight excluding hydrogens is 496 g/mol. The van der Waals surface area contributed by atoms with E-state index in [-0.39, 0.29) is 38.0 Å². The summed E-state index contributed by atoms with van der Waals surface area (Å²) in [4.78, 5) is 29.7. The van der Waals surface area contributed by atoms with Gasteiger partial charge in [0.1, 0.15) is 12.1 Å². The van der Waals surface area contributed by atoms with Crippen molar-refractivity contribution in [3.63, 3.8) is 0 Å². The van der Waals surface area contributed by atoms with Crippen LogP contribution in [-0.2, 0) is 6.42 Å². The highest BCUT2D eigenvalue weighted by molar-refractivity contribution is 6.38. The molecule has 7 nitrogen and oxygen atoms in total. The van der Waals surface area contributed by atoms with Crippen molar-refractivity contribution in [3.8, 4) is 5.82 Å². The Balaban J connectivity index is 2.05. The van der Waals surface area contributed by atoms with E-state index in [1.54, 1.807) is 12.3 Å². The SMILES string of the molecule is CNC(=O)c1cc(Cl)cc(Cl)c1NC(=O)c1cc(Cl)nn1-c1nccc(C[C+](C)C)c1Cl. The molecule has 3 aromatic rings. The molecule has 2 aromatic heterocycles. The summed E-state index contributed by atoms with van der Waals surface area (Å²) in [6.07, 6.45) is 2.22. The lowest BCUT2D eigenvalue weighted by Gasteiger charge is -2.14. The first-order valence-electron chi connectivity index (χ1n) is 9.33. The van der Waals surface area contributed by atoms with Gasteiger partial charge in [-0.3, -0.25) is 9.59 Å². The van der Waals surface area contributed by atoms with Gasteiger partial charge in [0.15, 0.2) is 11.0 Å². The second-order valence-electron chi connectivity index (χ2n) is 7.10. The molecule has 0 saturated heterocycles. The molecule has 0 aliphatic rings. The summed E-state index contributed by atoms with van der Waals surface area (Å²) in [5.74, 6) is 0.302. The number of carbonyl (C=O) groups excluding carboxylic acids is 2. The number of nitrogens with one attached hydrogen (secondary N) is 2. The molecule has 32 heavy (non-hydrogen) atoms. The second-order valence-corrected chi connectivity index (χ2v) is 8.71. The maximum atomic E-state index is 13.2. The van der Waals surface area contributed by atoms with Crippen molar-refractivity contribution in [2.75, 3.05) is 12.4 Å². The van der Waals surface area contributed by atoms with Crippen molar-refractivity contribution in [1.29, 1.82) is 0 Å². The first kappa shape index (κ1) is 24.2. The number of carbonyl (C=O) groups is 2. The van der Waals surface area contributed by atoms with Crippen molar-refractivity contribution in [1.82, 2.24) is 20.1 Å². The van der Waals surface area contributed by atoms with Crippen LogP contribution in [0, 0.1) is 5.92 Å². The molecule has 0 unspecified atom stereocenters. The monoisotopic (exact) mass is 512 g/mol. The number of rotatable bonds is 6. The number of hydrogen-bond acceptors (Lipinski definition) is 4. The van der Waals surface area contributed by atoms with Gasteiger partial charge in [-0.2, -0.15) is 5.10 Å². The molecule has 2 heterocycles. The molecule has 0 fully saturated rings. The highest BCUT2D eigenvalue weighted by atomic mass is 35.5. The Kier molecular flexibility index (Phi) is 7.56. The number of hydrogen-bond donors (Lipinski definition) is 2. The van der Waals surface area contributed by atoms with Gasteiger partial charge in [0.2, 0.25) is 0 Å². The molecule has 3 rings (SSSR count). The van der Waals surface area contributed by atoms with E-state index >= 15 is 0 Å². The van der Waals surface area contributed by atoms with E-state index in [4.69, 9.17) is 46.4 Å². The lowest BCUT2D eigenvalue weighted by atomic mass is 10.0. The Labute approximate surface area is 205 Å². The van der Waals surface area contributed by atoms with E-state index in [0.29, 0.717) is 11.4 Å². The van der Waals surface area contributed by atoms with Gasteiger partial charge in [-0.25, -0.2) is 9.67 Å². The molecule has 2 amide bonds. The Bertz CT molecular complexity index is 1190. The average Bonchev–Trinajstić information content (AvgIpc) is 3.11. The van der Waals surface area contributed by atoms with Gasteiger partial charge >= 0.3 is 0 Å². The van der Waals surface area contributed by atoms with E-state index < -0.39 is 11.8 Å². The van der Waals surface area contributed by atoms with Crippen LogP contribution in [0.5, 0.6) is 0 Å². The van der Waals surface area contributed by atoms with Crippen LogP contribution in [0.1, 0.15) is 40.3 Å². The molecule has 0 atom stereocenters. The predicted octanol–water partition coefficient (Wildman–Crippen LogP) is 5.65. The summed E-state index contributed by atoms with van der Waals surface area (Å²) in [7, 11) is 1.45. The lowest BCUT2D eigenvalue weighted by Crippen LogP contribution is -2.23. The van der Waals surface area contributed by atoms with Crippen LogP contribution in [0.2, 0.25) is 20.2 Å². The quantitative estimate of drug-likeness (QED) is 0.417. The van der Waals surface area contributed by atoms with Crippen molar-refractivity contribution in [3.05, 3.63) is 73.4 Å². The van der Waals surface area contributed by atoms with Crippen LogP contribution in [0.4, 0.5) is 5.69 Å². The van der Waals surface area contributed by atoms with Crippen LogP contribution in [0.15, 0.2) is 30.5 Å². The number of benzene rings is 1. The minimum atomic E-state index is -0.625.